The summed E-state index contributed by atoms with van der Waals surface area (Å²) in [5.74, 6) is 0. The Balaban J connectivity index is 1.50. The van der Waals surface area contributed by atoms with Crippen molar-refractivity contribution < 1.29 is 12.8 Å². The van der Waals surface area contributed by atoms with E-state index in [1.807, 2.05) is 4.90 Å². The van der Waals surface area contributed by atoms with Gasteiger partial charge in [-0.3, -0.25) is 0 Å². The maximum atomic E-state index is 12.2. The van der Waals surface area contributed by atoms with Gasteiger partial charge in [-0.25, -0.2) is 8.42 Å². The van der Waals surface area contributed by atoms with E-state index >= 15 is 0 Å². The monoisotopic (exact) mass is 341 g/mol. The van der Waals surface area contributed by atoms with Gasteiger partial charge in [0.15, 0.2) is 5.58 Å². The molecule has 1 aromatic carbocycles. The van der Waals surface area contributed by atoms with Crippen LogP contribution in [0.15, 0.2) is 22.6 Å². The van der Waals surface area contributed by atoms with E-state index in [4.69, 9.17) is 16.0 Å². The first-order valence-corrected chi connectivity index (χ1v) is 9.22. The smallest absolute Gasteiger partial charge is 0.298 e. The summed E-state index contributed by atoms with van der Waals surface area (Å²) in [6.07, 6.45) is 1.60. The number of hydrogen-bond acceptors (Lipinski definition) is 5. The average molecular weight is 342 g/mol. The molecule has 0 N–H and O–H groups in total. The lowest BCUT2D eigenvalue weighted by molar-refractivity contribution is 0.373. The Hall–Kier alpha value is -1.31. The topological polar surface area (TPSA) is 66.7 Å². The molecule has 2 fully saturated rings. The van der Waals surface area contributed by atoms with E-state index in [2.05, 4.69) is 4.98 Å². The number of anilines is 1. The van der Waals surface area contributed by atoms with Crippen LogP contribution in [0.25, 0.3) is 11.1 Å². The van der Waals surface area contributed by atoms with Crippen molar-refractivity contribution >= 4 is 38.7 Å². The van der Waals surface area contributed by atoms with Gasteiger partial charge >= 0.3 is 0 Å². The highest BCUT2D eigenvalue weighted by Gasteiger charge is 2.41. The SMILES string of the molecule is O=S(=O)(C1CC1)N1CCN(c2nc3cc(Cl)ccc3o2)CC1. The van der Waals surface area contributed by atoms with E-state index in [1.165, 1.54) is 0 Å². The molecule has 1 aliphatic heterocycles. The minimum Gasteiger partial charge on any atom is -0.423 e. The van der Waals surface area contributed by atoms with Gasteiger partial charge in [-0.1, -0.05) is 11.6 Å². The number of aromatic nitrogens is 1. The van der Waals surface area contributed by atoms with Crippen molar-refractivity contribution in [2.24, 2.45) is 0 Å². The number of benzene rings is 1. The number of halogens is 1. The van der Waals surface area contributed by atoms with Crippen LogP contribution in [0.3, 0.4) is 0 Å². The lowest BCUT2D eigenvalue weighted by Crippen LogP contribution is -2.49. The number of fused-ring (bicyclic) bond motifs is 1. The van der Waals surface area contributed by atoms with E-state index in [-0.39, 0.29) is 5.25 Å². The molecular formula is C14H16ClN3O3S. The van der Waals surface area contributed by atoms with Crippen molar-refractivity contribution in [2.75, 3.05) is 31.1 Å². The second-order valence-corrected chi connectivity index (χ2v) is 8.39. The number of hydrogen-bond donors (Lipinski definition) is 0. The summed E-state index contributed by atoms with van der Waals surface area (Å²) in [5, 5.41) is 0.471. The van der Waals surface area contributed by atoms with Gasteiger partial charge in [0.2, 0.25) is 10.0 Å². The molecule has 0 bridgehead atoms. The molecule has 0 radical (unpaired) electrons. The van der Waals surface area contributed by atoms with E-state index in [1.54, 1.807) is 22.5 Å². The molecule has 1 aliphatic carbocycles. The fourth-order valence-corrected chi connectivity index (χ4v) is 4.73. The van der Waals surface area contributed by atoms with Crippen molar-refractivity contribution in [2.45, 2.75) is 18.1 Å². The number of sulfonamides is 1. The van der Waals surface area contributed by atoms with Crippen molar-refractivity contribution in [3.63, 3.8) is 0 Å². The largest absolute Gasteiger partial charge is 0.423 e. The fourth-order valence-electron chi connectivity index (χ4n) is 2.73. The van der Waals surface area contributed by atoms with Crippen LogP contribution in [0.4, 0.5) is 6.01 Å². The highest BCUT2D eigenvalue weighted by molar-refractivity contribution is 7.90. The Kier molecular flexibility index (Phi) is 3.32. The van der Waals surface area contributed by atoms with Gasteiger partial charge in [-0.2, -0.15) is 9.29 Å². The molecule has 4 rings (SSSR count). The highest BCUT2D eigenvalue weighted by atomic mass is 35.5. The highest BCUT2D eigenvalue weighted by Crippen LogP contribution is 2.32. The zero-order valence-corrected chi connectivity index (χ0v) is 13.5. The van der Waals surface area contributed by atoms with Crippen LogP contribution in [0.5, 0.6) is 0 Å². The average Bonchev–Trinajstić information content (AvgIpc) is 3.28. The summed E-state index contributed by atoms with van der Waals surface area (Å²) in [7, 11) is -3.09. The molecule has 2 aromatic rings. The molecule has 2 heterocycles. The van der Waals surface area contributed by atoms with Gasteiger partial charge in [0.25, 0.3) is 6.01 Å². The van der Waals surface area contributed by atoms with Gasteiger partial charge in [0, 0.05) is 31.2 Å². The van der Waals surface area contributed by atoms with Gasteiger partial charge < -0.3 is 9.32 Å². The number of oxazole rings is 1. The third-order valence-electron chi connectivity index (χ3n) is 4.15. The normalized spacial score (nSPS) is 20.7. The summed E-state index contributed by atoms with van der Waals surface area (Å²) in [5.41, 5.74) is 1.41. The van der Waals surface area contributed by atoms with E-state index in [0.717, 1.165) is 18.4 Å². The lowest BCUT2D eigenvalue weighted by atomic mass is 10.3. The van der Waals surface area contributed by atoms with Crippen LogP contribution in [-0.2, 0) is 10.0 Å². The fraction of sp³-hybridized carbons (Fsp3) is 0.500. The standard InChI is InChI=1S/C14H16ClN3O3S/c15-10-1-4-13-12(9-10)16-14(21-13)17-5-7-18(8-6-17)22(19,20)11-2-3-11/h1,4,9,11H,2-3,5-8H2. The quantitative estimate of drug-likeness (QED) is 0.855. The van der Waals surface area contributed by atoms with Crippen LogP contribution in [-0.4, -0.2) is 49.1 Å². The number of rotatable bonds is 3. The molecule has 118 valence electrons. The third-order valence-corrected chi connectivity index (χ3v) is 6.79. The van der Waals surface area contributed by atoms with Crippen molar-refractivity contribution in [3.05, 3.63) is 23.2 Å². The van der Waals surface area contributed by atoms with Crippen molar-refractivity contribution in [1.82, 2.24) is 9.29 Å². The molecule has 8 heteroatoms. The minimum absolute atomic E-state index is 0.148. The zero-order chi connectivity index (χ0) is 15.3. The molecule has 1 saturated carbocycles. The molecule has 1 aromatic heterocycles. The predicted molar refractivity (Wildman–Crippen MR) is 84.7 cm³/mol. The van der Waals surface area contributed by atoms with Crippen molar-refractivity contribution in [1.29, 1.82) is 0 Å². The summed E-state index contributed by atoms with van der Waals surface area (Å²) in [6.45, 7) is 2.15. The zero-order valence-electron chi connectivity index (χ0n) is 11.9. The van der Waals surface area contributed by atoms with Gasteiger partial charge in [-0.15, -0.1) is 0 Å². The third kappa shape index (κ3) is 2.47. The molecule has 0 atom stereocenters. The molecule has 0 spiro atoms. The second-order valence-electron chi connectivity index (χ2n) is 5.74. The van der Waals surface area contributed by atoms with Crippen LogP contribution < -0.4 is 4.90 Å². The Morgan fingerprint density at radius 3 is 2.59 bits per heavy atom. The molecule has 1 saturated heterocycles. The second kappa shape index (κ2) is 5.11. The lowest BCUT2D eigenvalue weighted by Gasteiger charge is -2.33. The minimum atomic E-state index is -3.09. The number of nitrogens with zero attached hydrogens (tertiary/aromatic N) is 3. The molecule has 0 amide bonds. The van der Waals surface area contributed by atoms with Crippen molar-refractivity contribution in [3.8, 4) is 0 Å². The number of piperazine rings is 1. The first kappa shape index (κ1) is 14.3. The van der Waals surface area contributed by atoms with Crippen LogP contribution in [0, 0.1) is 0 Å². The predicted octanol–water partition coefficient (Wildman–Crippen LogP) is 2.10. The summed E-state index contributed by atoms with van der Waals surface area (Å²) in [6, 6.07) is 5.85. The van der Waals surface area contributed by atoms with Gasteiger partial charge in [-0.05, 0) is 31.0 Å². The maximum Gasteiger partial charge on any atom is 0.298 e. The summed E-state index contributed by atoms with van der Waals surface area (Å²) in [4.78, 5) is 6.42. The van der Waals surface area contributed by atoms with Gasteiger partial charge in [0.05, 0.1) is 5.25 Å². The molecular weight excluding hydrogens is 326 g/mol. The first-order valence-electron chi connectivity index (χ1n) is 7.34. The van der Waals surface area contributed by atoms with Crippen LogP contribution in [0.2, 0.25) is 5.02 Å². The van der Waals surface area contributed by atoms with E-state index < -0.39 is 10.0 Å². The Labute approximate surface area is 133 Å². The van der Waals surface area contributed by atoms with Crippen LogP contribution in [0.1, 0.15) is 12.8 Å². The molecule has 22 heavy (non-hydrogen) atoms. The molecule has 2 aliphatic rings. The molecule has 0 unspecified atom stereocenters. The van der Waals surface area contributed by atoms with Crippen LogP contribution >= 0.6 is 11.6 Å². The van der Waals surface area contributed by atoms with E-state index in [9.17, 15) is 8.42 Å². The van der Waals surface area contributed by atoms with Gasteiger partial charge in [0.1, 0.15) is 5.52 Å². The summed E-state index contributed by atoms with van der Waals surface area (Å²) >= 11 is 5.95. The molecule has 6 nitrogen and oxygen atoms in total. The first-order chi connectivity index (χ1) is 10.5. The van der Waals surface area contributed by atoms with E-state index in [0.29, 0.717) is 42.8 Å². The Bertz CT molecular complexity index is 808. The Morgan fingerprint density at radius 2 is 1.91 bits per heavy atom. The Morgan fingerprint density at radius 1 is 1.18 bits per heavy atom. The maximum absolute atomic E-state index is 12.2. The summed E-state index contributed by atoms with van der Waals surface area (Å²) < 4.78 is 31.8.